The summed E-state index contributed by atoms with van der Waals surface area (Å²) in [4.78, 5) is 13.9. The molecule has 1 atom stereocenters. The molecule has 0 saturated carbocycles. The third-order valence-corrected chi connectivity index (χ3v) is 4.07. The highest BCUT2D eigenvalue weighted by molar-refractivity contribution is 5.72. The first kappa shape index (κ1) is 16.3. The predicted molar refractivity (Wildman–Crippen MR) is 82.3 cm³/mol. The van der Waals surface area contributed by atoms with Crippen molar-refractivity contribution in [2.24, 2.45) is 5.92 Å². The van der Waals surface area contributed by atoms with Crippen LogP contribution in [0.4, 0.5) is 0 Å². The molecular weight excluding hydrogens is 280 g/mol. The summed E-state index contributed by atoms with van der Waals surface area (Å²) >= 11 is 0. The molecule has 0 spiro atoms. The number of esters is 1. The van der Waals surface area contributed by atoms with Gasteiger partial charge in [0, 0.05) is 13.1 Å². The maximum atomic E-state index is 11.8. The zero-order chi connectivity index (χ0) is 15.9. The van der Waals surface area contributed by atoms with Gasteiger partial charge >= 0.3 is 5.97 Å². The fourth-order valence-electron chi connectivity index (χ4n) is 2.81. The van der Waals surface area contributed by atoms with E-state index in [-0.39, 0.29) is 17.9 Å². The Labute approximate surface area is 131 Å². The van der Waals surface area contributed by atoms with E-state index in [0.717, 1.165) is 37.2 Å². The van der Waals surface area contributed by atoms with Crippen LogP contribution >= 0.6 is 0 Å². The number of benzene rings is 1. The summed E-state index contributed by atoms with van der Waals surface area (Å²) in [6.07, 6.45) is 1.49. The lowest BCUT2D eigenvalue weighted by Crippen LogP contribution is -2.38. The van der Waals surface area contributed by atoms with Gasteiger partial charge in [0.2, 0.25) is 0 Å². The number of nitrogens with zero attached hydrogens (tertiary/aromatic N) is 2. The first-order valence-electron chi connectivity index (χ1n) is 7.63. The van der Waals surface area contributed by atoms with Crippen LogP contribution in [0.1, 0.15) is 31.4 Å². The van der Waals surface area contributed by atoms with E-state index in [1.165, 1.54) is 0 Å². The van der Waals surface area contributed by atoms with Crippen molar-refractivity contribution < 1.29 is 14.3 Å². The van der Waals surface area contributed by atoms with Crippen LogP contribution < -0.4 is 4.74 Å². The van der Waals surface area contributed by atoms with Crippen LogP contribution in [0.15, 0.2) is 24.3 Å². The van der Waals surface area contributed by atoms with Crippen LogP contribution in [0.3, 0.4) is 0 Å². The van der Waals surface area contributed by atoms with E-state index in [1.54, 1.807) is 7.11 Å². The number of piperidine rings is 1. The molecule has 1 aromatic rings. The Bertz CT molecular complexity index is 528. The van der Waals surface area contributed by atoms with Gasteiger partial charge in [-0.05, 0) is 37.5 Å². The average Bonchev–Trinajstić information content (AvgIpc) is 2.57. The Morgan fingerprint density at radius 1 is 1.36 bits per heavy atom. The van der Waals surface area contributed by atoms with Crippen molar-refractivity contribution in [2.45, 2.75) is 25.8 Å². The topological polar surface area (TPSA) is 62.6 Å². The number of ether oxygens (including phenoxy) is 2. The number of rotatable bonds is 5. The molecule has 1 heterocycles. The molecule has 0 aromatic heterocycles. The Morgan fingerprint density at radius 3 is 2.50 bits per heavy atom. The lowest BCUT2D eigenvalue weighted by Gasteiger charge is -2.33. The van der Waals surface area contributed by atoms with Crippen LogP contribution in [-0.4, -0.2) is 37.7 Å². The van der Waals surface area contributed by atoms with Crippen molar-refractivity contribution in [1.29, 1.82) is 5.26 Å². The van der Waals surface area contributed by atoms with Gasteiger partial charge in [-0.3, -0.25) is 9.69 Å². The van der Waals surface area contributed by atoms with Crippen molar-refractivity contribution in [3.05, 3.63) is 29.8 Å². The van der Waals surface area contributed by atoms with Crippen LogP contribution in [0.5, 0.6) is 5.75 Å². The molecule has 5 nitrogen and oxygen atoms in total. The minimum absolute atomic E-state index is 0.0357. The Morgan fingerprint density at radius 2 is 2.00 bits per heavy atom. The lowest BCUT2D eigenvalue weighted by atomic mass is 9.94. The molecule has 0 unspecified atom stereocenters. The second kappa shape index (κ2) is 7.81. The van der Waals surface area contributed by atoms with E-state index in [9.17, 15) is 10.1 Å². The van der Waals surface area contributed by atoms with Crippen LogP contribution in [-0.2, 0) is 9.53 Å². The van der Waals surface area contributed by atoms with Crippen molar-refractivity contribution in [3.8, 4) is 11.8 Å². The largest absolute Gasteiger partial charge is 0.497 e. The van der Waals surface area contributed by atoms with Gasteiger partial charge in [-0.2, -0.15) is 5.26 Å². The Hall–Kier alpha value is -2.06. The summed E-state index contributed by atoms with van der Waals surface area (Å²) in [6, 6.07) is 9.65. The summed E-state index contributed by atoms with van der Waals surface area (Å²) in [7, 11) is 1.62. The van der Waals surface area contributed by atoms with Crippen molar-refractivity contribution >= 4 is 5.97 Å². The zero-order valence-electron chi connectivity index (χ0n) is 13.1. The number of methoxy groups -OCH3 is 1. The first-order chi connectivity index (χ1) is 10.7. The number of hydrogen-bond donors (Lipinski definition) is 0. The molecular formula is C17H22N2O3. The quantitative estimate of drug-likeness (QED) is 0.782. The molecule has 5 heteroatoms. The number of hydrogen-bond acceptors (Lipinski definition) is 5. The number of carbonyl (C=O) groups excluding carboxylic acids is 1. The molecule has 0 amide bonds. The summed E-state index contributed by atoms with van der Waals surface area (Å²) in [5.41, 5.74) is 0.956. The summed E-state index contributed by atoms with van der Waals surface area (Å²) < 4.78 is 10.2. The molecule has 1 aromatic carbocycles. The molecule has 1 aliphatic heterocycles. The number of likely N-dealkylation sites (tertiary alicyclic amines) is 1. The molecule has 1 fully saturated rings. The molecule has 22 heavy (non-hydrogen) atoms. The lowest BCUT2D eigenvalue weighted by molar-refractivity contribution is -0.149. The van der Waals surface area contributed by atoms with Crippen LogP contribution in [0.25, 0.3) is 0 Å². The minimum atomic E-state index is -0.283. The van der Waals surface area contributed by atoms with E-state index < -0.39 is 0 Å². The van der Waals surface area contributed by atoms with E-state index >= 15 is 0 Å². The third-order valence-electron chi connectivity index (χ3n) is 4.07. The van der Waals surface area contributed by atoms with E-state index in [1.807, 2.05) is 31.2 Å². The van der Waals surface area contributed by atoms with E-state index in [2.05, 4.69) is 11.0 Å². The smallest absolute Gasteiger partial charge is 0.309 e. The zero-order valence-corrected chi connectivity index (χ0v) is 13.1. The second-order valence-electron chi connectivity index (χ2n) is 5.37. The van der Waals surface area contributed by atoms with Gasteiger partial charge in [-0.25, -0.2) is 0 Å². The second-order valence-corrected chi connectivity index (χ2v) is 5.37. The van der Waals surface area contributed by atoms with Gasteiger partial charge in [0.15, 0.2) is 0 Å². The van der Waals surface area contributed by atoms with Crippen molar-refractivity contribution in [2.75, 3.05) is 26.8 Å². The molecule has 2 rings (SSSR count). The number of carbonyl (C=O) groups is 1. The monoisotopic (exact) mass is 302 g/mol. The van der Waals surface area contributed by atoms with E-state index in [4.69, 9.17) is 9.47 Å². The van der Waals surface area contributed by atoms with Gasteiger partial charge in [-0.15, -0.1) is 0 Å². The van der Waals surface area contributed by atoms with Gasteiger partial charge in [-0.1, -0.05) is 12.1 Å². The van der Waals surface area contributed by atoms with Crippen LogP contribution in [0.2, 0.25) is 0 Å². The van der Waals surface area contributed by atoms with Crippen molar-refractivity contribution in [1.82, 2.24) is 4.90 Å². The SMILES string of the molecule is CCOC(=O)C1CCN([C@@H](C#N)c2ccc(OC)cc2)CC1. The average molecular weight is 302 g/mol. The molecule has 0 aliphatic carbocycles. The highest BCUT2D eigenvalue weighted by Crippen LogP contribution is 2.28. The Balaban J connectivity index is 1.98. The summed E-state index contributed by atoms with van der Waals surface area (Å²) in [5.74, 6) is 0.632. The molecule has 0 N–H and O–H groups in total. The molecule has 118 valence electrons. The summed E-state index contributed by atoms with van der Waals surface area (Å²) in [6.45, 7) is 3.70. The standard InChI is InChI=1S/C17H22N2O3/c1-3-22-17(20)14-8-10-19(11-9-14)16(12-18)13-4-6-15(21-2)7-5-13/h4-7,14,16H,3,8-11H2,1-2H3/t16-/m0/s1. The van der Waals surface area contributed by atoms with Crippen molar-refractivity contribution in [3.63, 3.8) is 0 Å². The van der Waals surface area contributed by atoms with E-state index in [0.29, 0.717) is 6.61 Å². The minimum Gasteiger partial charge on any atom is -0.497 e. The fraction of sp³-hybridized carbons (Fsp3) is 0.529. The first-order valence-corrected chi connectivity index (χ1v) is 7.63. The molecule has 0 bridgehead atoms. The van der Waals surface area contributed by atoms with Gasteiger partial charge in [0.05, 0.1) is 25.7 Å². The van der Waals surface area contributed by atoms with Gasteiger partial charge in [0.1, 0.15) is 11.8 Å². The normalized spacial score (nSPS) is 17.5. The highest BCUT2D eigenvalue weighted by Gasteiger charge is 2.30. The predicted octanol–water partition coefficient (Wildman–Crippen LogP) is 2.53. The maximum Gasteiger partial charge on any atom is 0.309 e. The fourth-order valence-corrected chi connectivity index (χ4v) is 2.81. The van der Waals surface area contributed by atoms with Crippen LogP contribution in [0, 0.1) is 17.2 Å². The van der Waals surface area contributed by atoms with Gasteiger partial charge in [0.25, 0.3) is 0 Å². The number of nitriles is 1. The molecule has 0 radical (unpaired) electrons. The molecule has 1 saturated heterocycles. The Kier molecular flexibility index (Phi) is 5.79. The van der Waals surface area contributed by atoms with Gasteiger partial charge < -0.3 is 9.47 Å². The summed E-state index contributed by atoms with van der Waals surface area (Å²) in [5, 5.41) is 9.50. The third kappa shape index (κ3) is 3.77. The maximum absolute atomic E-state index is 11.8. The molecule has 1 aliphatic rings. The highest BCUT2D eigenvalue weighted by atomic mass is 16.5.